The molecule has 3 N–H and O–H groups in total. The third-order valence-electron chi connectivity index (χ3n) is 1.88. The Morgan fingerprint density at radius 3 is 2.79 bits per heavy atom. The Morgan fingerprint density at radius 1 is 1.64 bits per heavy atom. The lowest BCUT2D eigenvalue weighted by Gasteiger charge is -2.10. The minimum atomic E-state index is -0.969. The lowest BCUT2D eigenvalue weighted by molar-refractivity contribution is 0.0695. The second-order valence-corrected chi connectivity index (χ2v) is 3.66. The number of hydrogen-bond acceptors (Lipinski definition) is 2. The van der Waals surface area contributed by atoms with Crippen LogP contribution in [0.25, 0.3) is 0 Å². The highest BCUT2D eigenvalue weighted by Crippen LogP contribution is 2.21. The molecule has 4 heteroatoms. The molecule has 1 aromatic rings. The van der Waals surface area contributed by atoms with Gasteiger partial charge in [0.1, 0.15) is 0 Å². The summed E-state index contributed by atoms with van der Waals surface area (Å²) < 4.78 is 0. The molecule has 0 bridgehead atoms. The molecule has 0 aliphatic carbocycles. The molecule has 76 valence electrons. The molecule has 1 aromatic carbocycles. The summed E-state index contributed by atoms with van der Waals surface area (Å²) in [5, 5.41) is 9.36. The van der Waals surface area contributed by atoms with E-state index in [9.17, 15) is 4.79 Å². The highest BCUT2D eigenvalue weighted by Gasteiger charge is 2.13. The maximum Gasteiger partial charge on any atom is 0.336 e. The Bertz CT molecular complexity index is 350. The van der Waals surface area contributed by atoms with E-state index in [0.29, 0.717) is 17.0 Å². The highest BCUT2D eigenvalue weighted by molar-refractivity contribution is 6.31. The van der Waals surface area contributed by atoms with Gasteiger partial charge in [0.2, 0.25) is 0 Å². The first-order valence-corrected chi connectivity index (χ1v) is 4.66. The summed E-state index contributed by atoms with van der Waals surface area (Å²) in [5.41, 5.74) is 6.45. The monoisotopic (exact) mass is 213 g/mol. The maximum absolute atomic E-state index is 10.9. The average molecular weight is 214 g/mol. The first kappa shape index (κ1) is 11.0. The van der Waals surface area contributed by atoms with Crippen LogP contribution in [-0.4, -0.2) is 17.1 Å². The first-order chi connectivity index (χ1) is 6.52. The molecule has 0 amide bonds. The largest absolute Gasteiger partial charge is 0.478 e. The molecule has 0 aliphatic heterocycles. The molecule has 0 saturated carbocycles. The van der Waals surface area contributed by atoms with Gasteiger partial charge in [0.25, 0.3) is 0 Å². The van der Waals surface area contributed by atoms with E-state index >= 15 is 0 Å². The molecule has 0 unspecified atom stereocenters. The Kier molecular flexibility index (Phi) is 3.49. The van der Waals surface area contributed by atoms with Crippen molar-refractivity contribution in [2.24, 2.45) is 5.73 Å². The number of nitrogens with two attached hydrogens (primary N) is 1. The molecule has 1 rings (SSSR count). The minimum absolute atomic E-state index is 0.104. The zero-order valence-corrected chi connectivity index (χ0v) is 8.58. The summed E-state index contributed by atoms with van der Waals surface area (Å²) in [6.07, 6.45) is 0.474. The van der Waals surface area contributed by atoms with Gasteiger partial charge in [0, 0.05) is 11.1 Å². The topological polar surface area (TPSA) is 63.3 Å². The van der Waals surface area contributed by atoms with Crippen LogP contribution in [0.3, 0.4) is 0 Å². The van der Waals surface area contributed by atoms with Crippen molar-refractivity contribution >= 4 is 17.6 Å². The van der Waals surface area contributed by atoms with Crippen molar-refractivity contribution in [2.45, 2.75) is 19.4 Å². The normalized spacial score (nSPS) is 12.5. The third kappa shape index (κ3) is 2.47. The van der Waals surface area contributed by atoms with Gasteiger partial charge >= 0.3 is 5.97 Å². The van der Waals surface area contributed by atoms with Gasteiger partial charge in [-0.05, 0) is 31.0 Å². The van der Waals surface area contributed by atoms with Crippen molar-refractivity contribution in [1.29, 1.82) is 0 Å². The van der Waals surface area contributed by atoms with Crippen LogP contribution in [0, 0.1) is 0 Å². The molecule has 0 aromatic heterocycles. The van der Waals surface area contributed by atoms with Crippen LogP contribution in [-0.2, 0) is 6.42 Å². The summed E-state index contributed by atoms with van der Waals surface area (Å²) in [4.78, 5) is 10.9. The SMILES string of the molecule is C[C@@H](N)Cc1c(Cl)cccc1C(=O)O. The Morgan fingerprint density at radius 2 is 2.29 bits per heavy atom. The summed E-state index contributed by atoms with van der Waals surface area (Å²) in [6, 6.07) is 4.72. The summed E-state index contributed by atoms with van der Waals surface area (Å²) in [6.45, 7) is 1.81. The van der Waals surface area contributed by atoms with Gasteiger partial charge in [0.05, 0.1) is 5.56 Å². The fourth-order valence-electron chi connectivity index (χ4n) is 1.29. The lowest BCUT2D eigenvalue weighted by Crippen LogP contribution is -2.19. The van der Waals surface area contributed by atoms with E-state index < -0.39 is 5.97 Å². The zero-order chi connectivity index (χ0) is 10.7. The Hall–Kier alpha value is -1.06. The van der Waals surface area contributed by atoms with E-state index in [4.69, 9.17) is 22.4 Å². The van der Waals surface area contributed by atoms with E-state index in [0.717, 1.165) is 0 Å². The van der Waals surface area contributed by atoms with Crippen molar-refractivity contribution < 1.29 is 9.90 Å². The molecular formula is C10H12ClNO2. The van der Waals surface area contributed by atoms with Crippen LogP contribution in [0.5, 0.6) is 0 Å². The molecule has 0 spiro atoms. The van der Waals surface area contributed by atoms with Crippen molar-refractivity contribution in [3.63, 3.8) is 0 Å². The van der Waals surface area contributed by atoms with Gasteiger partial charge in [-0.25, -0.2) is 4.79 Å². The number of benzene rings is 1. The van der Waals surface area contributed by atoms with E-state index in [1.54, 1.807) is 12.1 Å². The molecule has 0 saturated heterocycles. The van der Waals surface area contributed by atoms with Crippen molar-refractivity contribution in [3.05, 3.63) is 34.3 Å². The number of aromatic carboxylic acids is 1. The van der Waals surface area contributed by atoms with Gasteiger partial charge in [-0.3, -0.25) is 0 Å². The van der Waals surface area contributed by atoms with Gasteiger partial charge in [-0.2, -0.15) is 0 Å². The van der Waals surface area contributed by atoms with Crippen LogP contribution in [0.1, 0.15) is 22.8 Å². The quantitative estimate of drug-likeness (QED) is 0.807. The van der Waals surface area contributed by atoms with Crippen molar-refractivity contribution in [3.8, 4) is 0 Å². The second kappa shape index (κ2) is 4.44. The Balaban J connectivity index is 3.15. The first-order valence-electron chi connectivity index (χ1n) is 4.28. The molecule has 1 atom stereocenters. The summed E-state index contributed by atoms with van der Waals surface area (Å²) in [5.74, 6) is -0.969. The third-order valence-corrected chi connectivity index (χ3v) is 2.23. The molecule has 0 heterocycles. The molecule has 14 heavy (non-hydrogen) atoms. The maximum atomic E-state index is 10.9. The van der Waals surface area contributed by atoms with Crippen LogP contribution in [0.15, 0.2) is 18.2 Å². The predicted molar refractivity (Wildman–Crippen MR) is 55.8 cm³/mol. The van der Waals surface area contributed by atoms with E-state index in [2.05, 4.69) is 0 Å². The predicted octanol–water partition coefficient (Wildman–Crippen LogP) is 1.93. The van der Waals surface area contributed by atoms with E-state index in [1.807, 2.05) is 6.92 Å². The minimum Gasteiger partial charge on any atom is -0.478 e. The van der Waals surface area contributed by atoms with Crippen molar-refractivity contribution in [2.75, 3.05) is 0 Å². The number of carbonyl (C=O) groups is 1. The van der Waals surface area contributed by atoms with Crippen LogP contribution < -0.4 is 5.73 Å². The van der Waals surface area contributed by atoms with Gasteiger partial charge < -0.3 is 10.8 Å². The summed E-state index contributed by atoms with van der Waals surface area (Å²) >= 11 is 5.90. The van der Waals surface area contributed by atoms with Crippen LogP contribution >= 0.6 is 11.6 Å². The second-order valence-electron chi connectivity index (χ2n) is 3.25. The van der Waals surface area contributed by atoms with Crippen LogP contribution in [0.2, 0.25) is 5.02 Å². The van der Waals surface area contributed by atoms with E-state index in [1.165, 1.54) is 6.07 Å². The average Bonchev–Trinajstić information content (AvgIpc) is 2.07. The number of carboxylic acid groups (broad SMARTS) is 1. The molecule has 0 radical (unpaired) electrons. The standard InChI is InChI=1S/C10H12ClNO2/c1-6(12)5-8-7(10(13)14)3-2-4-9(8)11/h2-4,6H,5,12H2,1H3,(H,13,14)/t6-/m1/s1. The van der Waals surface area contributed by atoms with Crippen molar-refractivity contribution in [1.82, 2.24) is 0 Å². The Labute approximate surface area is 87.5 Å². The molecule has 0 fully saturated rings. The lowest BCUT2D eigenvalue weighted by atomic mass is 10.0. The number of hydrogen-bond donors (Lipinski definition) is 2. The fraction of sp³-hybridized carbons (Fsp3) is 0.300. The highest BCUT2D eigenvalue weighted by atomic mass is 35.5. The number of halogens is 1. The van der Waals surface area contributed by atoms with E-state index in [-0.39, 0.29) is 11.6 Å². The smallest absolute Gasteiger partial charge is 0.336 e. The summed E-state index contributed by atoms with van der Waals surface area (Å²) in [7, 11) is 0. The van der Waals surface area contributed by atoms with Gasteiger partial charge in [0.15, 0.2) is 0 Å². The number of carboxylic acids is 1. The zero-order valence-electron chi connectivity index (χ0n) is 7.83. The van der Waals surface area contributed by atoms with Gasteiger partial charge in [-0.1, -0.05) is 17.7 Å². The van der Waals surface area contributed by atoms with Crippen LogP contribution in [0.4, 0.5) is 0 Å². The fourth-order valence-corrected chi connectivity index (χ4v) is 1.54. The molecule has 3 nitrogen and oxygen atoms in total. The van der Waals surface area contributed by atoms with Gasteiger partial charge in [-0.15, -0.1) is 0 Å². The molecular weight excluding hydrogens is 202 g/mol. The molecule has 0 aliphatic rings. The number of rotatable bonds is 3.